The molecular weight excluding hydrogens is 298 g/mol. The highest BCUT2D eigenvalue weighted by molar-refractivity contribution is 7.98. The summed E-state index contributed by atoms with van der Waals surface area (Å²) >= 11 is 3.34. The van der Waals surface area contributed by atoms with Crippen LogP contribution in [-0.4, -0.2) is 16.2 Å². The zero-order chi connectivity index (χ0) is 14.7. The van der Waals surface area contributed by atoms with Crippen molar-refractivity contribution < 1.29 is 0 Å². The summed E-state index contributed by atoms with van der Waals surface area (Å²) in [6.07, 6.45) is 3.93. The Morgan fingerprint density at radius 3 is 2.62 bits per heavy atom. The molecule has 0 aliphatic carbocycles. The lowest BCUT2D eigenvalue weighted by Gasteiger charge is -2.09. The molecule has 5 heteroatoms. The fraction of sp³-hybridized carbons (Fsp3) is 0.125. The Kier molecular flexibility index (Phi) is 4.22. The average molecular weight is 313 g/mol. The van der Waals surface area contributed by atoms with E-state index in [1.165, 1.54) is 10.4 Å². The topological polar surface area (TPSA) is 37.8 Å². The van der Waals surface area contributed by atoms with Crippen LogP contribution < -0.4 is 5.32 Å². The lowest BCUT2D eigenvalue weighted by molar-refractivity contribution is 1.06. The van der Waals surface area contributed by atoms with E-state index in [1.54, 1.807) is 23.1 Å². The van der Waals surface area contributed by atoms with Gasteiger partial charge in [-0.05, 0) is 36.8 Å². The molecule has 0 aliphatic rings. The summed E-state index contributed by atoms with van der Waals surface area (Å²) in [5.74, 6) is 0.628. The quantitative estimate of drug-likeness (QED) is 0.544. The van der Waals surface area contributed by atoms with Gasteiger partial charge in [-0.15, -0.1) is 23.1 Å². The molecule has 21 heavy (non-hydrogen) atoms. The zero-order valence-electron chi connectivity index (χ0n) is 11.8. The molecule has 3 rings (SSSR count). The number of nitrogens with one attached hydrogen (secondary N) is 1. The van der Waals surface area contributed by atoms with Crippen molar-refractivity contribution in [2.24, 2.45) is 0 Å². The van der Waals surface area contributed by atoms with Crippen LogP contribution in [0, 0.1) is 6.92 Å². The van der Waals surface area contributed by atoms with Crippen molar-refractivity contribution in [1.29, 1.82) is 0 Å². The van der Waals surface area contributed by atoms with E-state index in [2.05, 4.69) is 45.8 Å². The Hall–Kier alpha value is -1.85. The van der Waals surface area contributed by atoms with E-state index >= 15 is 0 Å². The normalized spacial score (nSPS) is 10.6. The van der Waals surface area contributed by atoms with Crippen molar-refractivity contribution in [3.63, 3.8) is 0 Å². The first-order valence-corrected chi connectivity index (χ1v) is 8.65. The number of nitrogens with zero attached hydrogens (tertiary/aromatic N) is 2. The fourth-order valence-corrected chi connectivity index (χ4v) is 3.31. The number of thiophene rings is 1. The molecule has 0 bridgehead atoms. The lowest BCUT2D eigenvalue weighted by Crippen LogP contribution is -1.98. The first kappa shape index (κ1) is 14.1. The number of hydrogen-bond donors (Lipinski definition) is 1. The number of benzene rings is 1. The van der Waals surface area contributed by atoms with Crippen molar-refractivity contribution in [2.45, 2.75) is 11.9 Å². The SMILES string of the molecule is CSc1nc(Nc2ccc(C)cc2)ncc1-c1cccs1. The van der Waals surface area contributed by atoms with Crippen molar-refractivity contribution >= 4 is 34.7 Å². The molecule has 2 aromatic heterocycles. The smallest absolute Gasteiger partial charge is 0.228 e. The van der Waals surface area contributed by atoms with Crippen LogP contribution in [0.5, 0.6) is 0 Å². The Morgan fingerprint density at radius 2 is 1.95 bits per heavy atom. The maximum Gasteiger partial charge on any atom is 0.228 e. The number of aryl methyl sites for hydroxylation is 1. The second kappa shape index (κ2) is 6.28. The second-order valence-corrected chi connectivity index (χ2v) is 6.33. The minimum absolute atomic E-state index is 0.628. The lowest BCUT2D eigenvalue weighted by atomic mass is 10.2. The summed E-state index contributed by atoms with van der Waals surface area (Å²) in [5.41, 5.74) is 3.32. The zero-order valence-corrected chi connectivity index (χ0v) is 13.5. The van der Waals surface area contributed by atoms with E-state index in [1.807, 2.05) is 30.7 Å². The molecule has 2 heterocycles. The van der Waals surface area contributed by atoms with Crippen LogP contribution in [0.25, 0.3) is 10.4 Å². The molecule has 106 valence electrons. The summed E-state index contributed by atoms with van der Waals surface area (Å²) < 4.78 is 0. The van der Waals surface area contributed by atoms with Gasteiger partial charge in [0.2, 0.25) is 5.95 Å². The van der Waals surface area contributed by atoms with Gasteiger partial charge in [0, 0.05) is 22.3 Å². The largest absolute Gasteiger partial charge is 0.324 e. The van der Waals surface area contributed by atoms with Gasteiger partial charge in [-0.2, -0.15) is 0 Å². The van der Waals surface area contributed by atoms with Gasteiger partial charge in [-0.1, -0.05) is 23.8 Å². The first-order chi connectivity index (χ1) is 10.3. The van der Waals surface area contributed by atoms with E-state index < -0.39 is 0 Å². The second-order valence-electron chi connectivity index (χ2n) is 4.58. The van der Waals surface area contributed by atoms with Crippen molar-refractivity contribution in [2.75, 3.05) is 11.6 Å². The molecular formula is C16H15N3S2. The van der Waals surface area contributed by atoms with E-state index in [4.69, 9.17) is 0 Å². The molecule has 0 radical (unpaired) electrons. The highest BCUT2D eigenvalue weighted by atomic mass is 32.2. The van der Waals surface area contributed by atoms with E-state index in [9.17, 15) is 0 Å². The van der Waals surface area contributed by atoms with Gasteiger partial charge in [0.1, 0.15) is 5.03 Å². The predicted octanol–water partition coefficient (Wildman–Crippen LogP) is 4.98. The summed E-state index contributed by atoms with van der Waals surface area (Å²) in [7, 11) is 0. The molecule has 1 aromatic carbocycles. The van der Waals surface area contributed by atoms with Crippen LogP contribution in [0.4, 0.5) is 11.6 Å². The van der Waals surface area contributed by atoms with Crippen LogP contribution in [0.3, 0.4) is 0 Å². The number of hydrogen-bond acceptors (Lipinski definition) is 5. The molecule has 1 N–H and O–H groups in total. The number of aromatic nitrogens is 2. The molecule has 0 spiro atoms. The molecule has 3 aromatic rings. The molecule has 0 atom stereocenters. The Morgan fingerprint density at radius 1 is 1.14 bits per heavy atom. The van der Waals surface area contributed by atoms with Crippen molar-refractivity contribution in [3.8, 4) is 10.4 Å². The molecule has 0 saturated heterocycles. The highest BCUT2D eigenvalue weighted by Gasteiger charge is 2.09. The van der Waals surface area contributed by atoms with Crippen LogP contribution in [-0.2, 0) is 0 Å². The van der Waals surface area contributed by atoms with Gasteiger partial charge in [0.25, 0.3) is 0 Å². The van der Waals surface area contributed by atoms with Gasteiger partial charge in [0.05, 0.1) is 0 Å². The standard InChI is InChI=1S/C16H15N3S2/c1-11-5-7-12(8-6-11)18-16-17-10-13(15(19-16)20-2)14-4-3-9-21-14/h3-10H,1-2H3,(H,17,18,19). The summed E-state index contributed by atoms with van der Waals surface area (Å²) in [4.78, 5) is 10.2. The summed E-state index contributed by atoms with van der Waals surface area (Å²) in [6, 6.07) is 12.3. The van der Waals surface area contributed by atoms with Gasteiger partial charge in [-0.25, -0.2) is 9.97 Å². The number of thioether (sulfide) groups is 1. The Balaban J connectivity index is 1.89. The van der Waals surface area contributed by atoms with Crippen molar-refractivity contribution in [1.82, 2.24) is 9.97 Å². The van der Waals surface area contributed by atoms with Crippen LogP contribution in [0.2, 0.25) is 0 Å². The minimum Gasteiger partial charge on any atom is -0.324 e. The van der Waals surface area contributed by atoms with Gasteiger partial charge >= 0.3 is 0 Å². The first-order valence-electron chi connectivity index (χ1n) is 6.55. The Labute approximate surface area is 132 Å². The number of rotatable bonds is 4. The van der Waals surface area contributed by atoms with E-state index in [0.29, 0.717) is 5.95 Å². The molecule has 3 nitrogen and oxygen atoms in total. The average Bonchev–Trinajstić information content (AvgIpc) is 3.03. The monoisotopic (exact) mass is 313 g/mol. The third-order valence-electron chi connectivity index (χ3n) is 3.04. The van der Waals surface area contributed by atoms with Crippen LogP contribution >= 0.6 is 23.1 Å². The third-order valence-corrected chi connectivity index (χ3v) is 4.64. The van der Waals surface area contributed by atoms with Crippen molar-refractivity contribution in [3.05, 3.63) is 53.5 Å². The maximum atomic E-state index is 4.61. The minimum atomic E-state index is 0.628. The molecule has 0 amide bonds. The van der Waals surface area contributed by atoms with E-state index in [-0.39, 0.29) is 0 Å². The van der Waals surface area contributed by atoms with E-state index in [0.717, 1.165) is 16.3 Å². The van der Waals surface area contributed by atoms with Crippen LogP contribution in [0.1, 0.15) is 5.56 Å². The molecule has 0 aliphatic heterocycles. The van der Waals surface area contributed by atoms with Gasteiger partial charge < -0.3 is 5.32 Å². The Bertz CT molecular complexity index is 722. The number of anilines is 2. The predicted molar refractivity (Wildman–Crippen MR) is 91.6 cm³/mol. The third kappa shape index (κ3) is 3.25. The maximum absolute atomic E-state index is 4.61. The summed E-state index contributed by atoms with van der Waals surface area (Å²) in [6.45, 7) is 2.07. The molecule has 0 saturated carbocycles. The molecule has 0 fully saturated rings. The van der Waals surface area contributed by atoms with Gasteiger partial charge in [-0.3, -0.25) is 0 Å². The summed E-state index contributed by atoms with van der Waals surface area (Å²) in [5, 5.41) is 6.30. The molecule has 0 unspecified atom stereocenters. The van der Waals surface area contributed by atoms with Crippen LogP contribution in [0.15, 0.2) is 53.0 Å². The highest BCUT2D eigenvalue weighted by Crippen LogP contribution is 2.32. The fourth-order valence-electron chi connectivity index (χ4n) is 1.95. The van der Waals surface area contributed by atoms with Gasteiger partial charge in [0.15, 0.2) is 0 Å².